The molecule has 2 aromatic heterocycles. The summed E-state index contributed by atoms with van der Waals surface area (Å²) in [5, 5.41) is 2.89. The Kier molecular flexibility index (Phi) is 4.93. The van der Waals surface area contributed by atoms with Gasteiger partial charge in [-0.25, -0.2) is 13.8 Å². The van der Waals surface area contributed by atoms with Crippen LogP contribution in [0.5, 0.6) is 0 Å². The summed E-state index contributed by atoms with van der Waals surface area (Å²) in [6.45, 7) is 0.696. The molecule has 1 saturated heterocycles. The zero-order valence-corrected chi connectivity index (χ0v) is 14.5. The van der Waals surface area contributed by atoms with Crippen LogP contribution < -0.4 is 5.32 Å². The number of nitrogens with zero attached hydrogens (tertiary/aromatic N) is 4. The van der Waals surface area contributed by atoms with E-state index in [2.05, 4.69) is 20.3 Å². The number of nitrogens with one attached hydrogen (secondary N) is 1. The monoisotopic (exact) mass is 377 g/mol. The van der Waals surface area contributed by atoms with Crippen LogP contribution in [0.2, 0.25) is 0 Å². The number of ether oxygens (including phenoxy) is 1. The lowest BCUT2D eigenvalue weighted by atomic mass is 10.2. The fourth-order valence-electron chi connectivity index (χ4n) is 3.24. The third-order valence-corrected chi connectivity index (χ3v) is 4.49. The van der Waals surface area contributed by atoms with Gasteiger partial charge in [0.25, 0.3) is 0 Å². The summed E-state index contributed by atoms with van der Waals surface area (Å²) in [5.74, 6) is -1.20. The van der Waals surface area contributed by atoms with Crippen molar-refractivity contribution < 1.29 is 17.9 Å². The van der Waals surface area contributed by atoms with E-state index in [0.717, 1.165) is 31.7 Å². The summed E-state index contributed by atoms with van der Waals surface area (Å²) in [6.07, 6.45) is 4.27. The Bertz CT molecular complexity index is 933. The Morgan fingerprint density at radius 2 is 1.89 bits per heavy atom. The predicted molar refractivity (Wildman–Crippen MR) is 92.4 cm³/mol. The molecular formula is C18H18F3N5O. The van der Waals surface area contributed by atoms with Crippen LogP contribution in [-0.2, 0) is 11.3 Å². The van der Waals surface area contributed by atoms with Gasteiger partial charge in [0.15, 0.2) is 17.0 Å². The first kappa shape index (κ1) is 17.7. The van der Waals surface area contributed by atoms with Crippen LogP contribution in [0.25, 0.3) is 11.2 Å². The number of rotatable bonds is 4. The first-order valence-electron chi connectivity index (χ1n) is 8.80. The lowest BCUT2D eigenvalue weighted by Crippen LogP contribution is -2.12. The summed E-state index contributed by atoms with van der Waals surface area (Å²) in [5.41, 5.74) is 1.06. The van der Waals surface area contributed by atoms with E-state index < -0.39 is 17.7 Å². The molecule has 0 spiro atoms. The van der Waals surface area contributed by atoms with Crippen LogP contribution in [0.15, 0.2) is 24.5 Å². The second-order valence-corrected chi connectivity index (χ2v) is 6.47. The standard InChI is InChI=1S/C18H18F3N5O/c19-12-6-11(7-13(20)8-12)9-22-16-15-17(25-18(21)24-16)26(10-23-15)14-4-2-1-3-5-27-14/h6-8,10,14H,1-5,9H2,(H,22,24,25). The van der Waals surface area contributed by atoms with Crippen LogP contribution in [0.4, 0.5) is 19.0 Å². The van der Waals surface area contributed by atoms with Gasteiger partial charge in [-0.3, -0.25) is 4.57 Å². The van der Waals surface area contributed by atoms with Crippen molar-refractivity contribution in [3.63, 3.8) is 0 Å². The number of hydrogen-bond acceptors (Lipinski definition) is 5. The summed E-state index contributed by atoms with van der Waals surface area (Å²) < 4.78 is 48.2. The largest absolute Gasteiger partial charge is 0.364 e. The zero-order valence-electron chi connectivity index (χ0n) is 14.5. The molecule has 1 fully saturated rings. The van der Waals surface area contributed by atoms with E-state index in [4.69, 9.17) is 4.74 Å². The van der Waals surface area contributed by atoms with Crippen molar-refractivity contribution >= 4 is 17.0 Å². The van der Waals surface area contributed by atoms with Gasteiger partial charge >= 0.3 is 6.08 Å². The molecule has 27 heavy (non-hydrogen) atoms. The molecule has 1 aromatic carbocycles. The van der Waals surface area contributed by atoms with Crippen LogP contribution in [0, 0.1) is 17.7 Å². The lowest BCUT2D eigenvalue weighted by molar-refractivity contribution is 0.00928. The summed E-state index contributed by atoms with van der Waals surface area (Å²) in [6, 6.07) is 3.19. The van der Waals surface area contributed by atoms with Crippen LogP contribution in [-0.4, -0.2) is 26.1 Å². The van der Waals surface area contributed by atoms with Gasteiger partial charge < -0.3 is 10.1 Å². The third kappa shape index (κ3) is 3.87. The molecule has 0 aliphatic carbocycles. The topological polar surface area (TPSA) is 64.9 Å². The van der Waals surface area contributed by atoms with Crippen molar-refractivity contribution in [2.75, 3.05) is 11.9 Å². The highest BCUT2D eigenvalue weighted by Crippen LogP contribution is 2.27. The van der Waals surface area contributed by atoms with Gasteiger partial charge in [-0.05, 0) is 37.0 Å². The molecule has 1 aliphatic rings. The van der Waals surface area contributed by atoms with E-state index in [9.17, 15) is 13.2 Å². The maximum atomic E-state index is 14.0. The number of aromatic nitrogens is 4. The molecule has 4 rings (SSSR count). The predicted octanol–water partition coefficient (Wildman–Crippen LogP) is 3.94. The van der Waals surface area contributed by atoms with Crippen molar-refractivity contribution in [2.45, 2.75) is 38.5 Å². The van der Waals surface area contributed by atoms with Crippen molar-refractivity contribution in [1.82, 2.24) is 19.5 Å². The Morgan fingerprint density at radius 1 is 1.07 bits per heavy atom. The first-order chi connectivity index (χ1) is 13.1. The first-order valence-corrected chi connectivity index (χ1v) is 8.80. The van der Waals surface area contributed by atoms with Crippen molar-refractivity contribution in [3.05, 3.63) is 47.8 Å². The highest BCUT2D eigenvalue weighted by molar-refractivity contribution is 5.82. The molecule has 1 unspecified atom stereocenters. The molecule has 3 heterocycles. The molecule has 0 amide bonds. The normalized spacial score (nSPS) is 17.8. The molecule has 9 heteroatoms. The summed E-state index contributed by atoms with van der Waals surface area (Å²) in [7, 11) is 0. The minimum atomic E-state index is -0.911. The maximum Gasteiger partial charge on any atom is 0.312 e. The molecule has 1 aliphatic heterocycles. The number of benzene rings is 1. The molecular weight excluding hydrogens is 359 g/mol. The van der Waals surface area contributed by atoms with E-state index in [-0.39, 0.29) is 18.6 Å². The van der Waals surface area contributed by atoms with Gasteiger partial charge in [-0.2, -0.15) is 14.4 Å². The number of fused-ring (bicyclic) bond motifs is 1. The lowest BCUT2D eigenvalue weighted by Gasteiger charge is -2.16. The van der Waals surface area contributed by atoms with E-state index in [1.165, 1.54) is 12.1 Å². The molecule has 0 saturated carbocycles. The average Bonchev–Trinajstić information content (AvgIpc) is 2.86. The fourth-order valence-corrected chi connectivity index (χ4v) is 3.24. The minimum absolute atomic E-state index is 0.0625. The Morgan fingerprint density at radius 3 is 2.70 bits per heavy atom. The molecule has 142 valence electrons. The Balaban J connectivity index is 1.63. The second-order valence-electron chi connectivity index (χ2n) is 6.47. The fraction of sp³-hybridized carbons (Fsp3) is 0.389. The molecule has 0 bridgehead atoms. The SMILES string of the molecule is Fc1cc(F)cc(CNc2nc(F)nc3c2ncn3C2CCCCCO2)c1. The molecule has 6 nitrogen and oxygen atoms in total. The van der Waals surface area contributed by atoms with Gasteiger partial charge in [0, 0.05) is 19.2 Å². The van der Waals surface area contributed by atoms with E-state index in [1.807, 2.05) is 0 Å². The molecule has 1 N–H and O–H groups in total. The second kappa shape index (κ2) is 7.51. The summed E-state index contributed by atoms with van der Waals surface area (Å²) >= 11 is 0. The summed E-state index contributed by atoms with van der Waals surface area (Å²) in [4.78, 5) is 11.9. The van der Waals surface area contributed by atoms with Gasteiger partial charge in [0.05, 0.1) is 6.33 Å². The van der Waals surface area contributed by atoms with E-state index in [0.29, 0.717) is 23.3 Å². The average molecular weight is 377 g/mol. The number of imidazole rings is 1. The van der Waals surface area contributed by atoms with E-state index >= 15 is 0 Å². The van der Waals surface area contributed by atoms with E-state index in [1.54, 1.807) is 10.9 Å². The van der Waals surface area contributed by atoms with Crippen LogP contribution in [0.1, 0.15) is 37.5 Å². The van der Waals surface area contributed by atoms with Crippen molar-refractivity contribution in [2.24, 2.45) is 0 Å². The maximum absolute atomic E-state index is 14.0. The van der Waals surface area contributed by atoms with Crippen LogP contribution in [0.3, 0.4) is 0 Å². The van der Waals surface area contributed by atoms with Gasteiger partial charge in [0.1, 0.15) is 17.9 Å². The van der Waals surface area contributed by atoms with Gasteiger partial charge in [-0.15, -0.1) is 0 Å². The van der Waals surface area contributed by atoms with Gasteiger partial charge in [0.2, 0.25) is 0 Å². The number of anilines is 1. The Labute approximate surface area is 153 Å². The number of halogens is 3. The smallest absolute Gasteiger partial charge is 0.312 e. The highest BCUT2D eigenvalue weighted by Gasteiger charge is 2.20. The van der Waals surface area contributed by atoms with Crippen LogP contribution >= 0.6 is 0 Å². The van der Waals surface area contributed by atoms with Crippen molar-refractivity contribution in [3.8, 4) is 0 Å². The highest BCUT2D eigenvalue weighted by atomic mass is 19.1. The zero-order chi connectivity index (χ0) is 18.8. The van der Waals surface area contributed by atoms with Gasteiger partial charge in [-0.1, -0.05) is 6.42 Å². The molecule has 1 atom stereocenters. The number of hydrogen-bond donors (Lipinski definition) is 1. The third-order valence-electron chi connectivity index (χ3n) is 4.49. The Hall–Kier alpha value is -2.68. The van der Waals surface area contributed by atoms with Crippen molar-refractivity contribution in [1.29, 1.82) is 0 Å². The molecule has 0 radical (unpaired) electrons. The quantitative estimate of drug-likeness (QED) is 0.698. The molecule has 3 aromatic rings. The minimum Gasteiger partial charge on any atom is -0.364 e.